The summed E-state index contributed by atoms with van der Waals surface area (Å²) < 4.78 is 38.5. The number of hydrogen-bond acceptors (Lipinski definition) is 9. The van der Waals surface area contributed by atoms with Gasteiger partial charge in [-0.05, 0) is 50.4 Å². The number of aliphatic hydroxyl groups is 1. The number of H-pyrrole nitrogens is 1. The monoisotopic (exact) mass is 595 g/mol. The Hall–Kier alpha value is -4.36. The van der Waals surface area contributed by atoms with Crippen LogP contribution in [-0.4, -0.2) is 75.5 Å². The lowest BCUT2D eigenvalue weighted by molar-refractivity contribution is -0.115. The summed E-state index contributed by atoms with van der Waals surface area (Å²) in [5, 5.41) is 22.6. The van der Waals surface area contributed by atoms with Crippen molar-refractivity contribution < 1.29 is 28.2 Å². The summed E-state index contributed by atoms with van der Waals surface area (Å²) in [4.78, 5) is 23.6. The highest BCUT2D eigenvalue weighted by atomic mass is 19.1. The number of likely N-dealkylation sites (tertiary alicyclic amines) is 1. The molecule has 0 spiro atoms. The van der Waals surface area contributed by atoms with E-state index in [0.29, 0.717) is 52.4 Å². The largest absolute Gasteiger partial charge is 0.493 e. The fourth-order valence-electron chi connectivity index (χ4n) is 5.36. The van der Waals surface area contributed by atoms with Crippen molar-refractivity contribution in [2.45, 2.75) is 44.6 Å². The smallest absolute Gasteiger partial charge is 0.230 e. The van der Waals surface area contributed by atoms with Crippen molar-refractivity contribution in [2.24, 2.45) is 0 Å². The van der Waals surface area contributed by atoms with E-state index in [0.717, 1.165) is 50.6 Å². The van der Waals surface area contributed by atoms with Gasteiger partial charge in [0.2, 0.25) is 5.91 Å². The van der Waals surface area contributed by atoms with E-state index >= 15 is 0 Å². The van der Waals surface area contributed by atoms with E-state index < -0.39 is 17.5 Å². The molecule has 0 aliphatic carbocycles. The van der Waals surface area contributed by atoms with Crippen LogP contribution in [0.1, 0.15) is 37.8 Å². The maximum absolute atomic E-state index is 13.4. The third-order valence-corrected chi connectivity index (χ3v) is 7.35. The molecule has 228 valence electrons. The molecular weight excluding hydrogens is 560 g/mol. The van der Waals surface area contributed by atoms with Gasteiger partial charge in [0.25, 0.3) is 0 Å². The number of anilines is 3. The number of aromatic nitrogens is 4. The van der Waals surface area contributed by atoms with E-state index in [2.05, 4.69) is 35.7 Å². The summed E-state index contributed by atoms with van der Waals surface area (Å²) in [6.07, 6.45) is 6.52. The summed E-state index contributed by atoms with van der Waals surface area (Å²) in [5.41, 5.74) is 1.15. The molecule has 3 heterocycles. The number of fused-ring (bicyclic) bond motifs is 1. The Kier molecular flexibility index (Phi) is 9.95. The number of benzene rings is 2. The first kappa shape index (κ1) is 30.1. The standard InChI is InChI=1S/C30H35F2N7O4/c1-42-26-16-24-25(17-27(26)43-10-4-8-39-7-3-2-5-23(39)6-9-40)33-18-34-30(24)36-28-14-22(37-38-28)15-29(41)35-21-12-19(31)11-20(32)13-21/h11-14,16-18,23,40H,2-10,15H2,1H3,(H,35,41)(H2,33,34,36,37,38). The quantitative estimate of drug-likeness (QED) is 0.164. The van der Waals surface area contributed by atoms with Crippen LogP contribution in [0.5, 0.6) is 11.5 Å². The molecule has 11 nitrogen and oxygen atoms in total. The Morgan fingerprint density at radius 2 is 1.95 bits per heavy atom. The van der Waals surface area contributed by atoms with Crippen molar-refractivity contribution >= 4 is 34.1 Å². The van der Waals surface area contributed by atoms with Crippen LogP contribution in [0.2, 0.25) is 0 Å². The molecule has 1 aliphatic rings. The minimum Gasteiger partial charge on any atom is -0.493 e. The van der Waals surface area contributed by atoms with Crippen LogP contribution in [0.15, 0.2) is 42.7 Å². The van der Waals surface area contributed by atoms with Gasteiger partial charge in [-0.1, -0.05) is 6.42 Å². The zero-order chi connectivity index (χ0) is 30.2. The molecule has 43 heavy (non-hydrogen) atoms. The first-order valence-corrected chi connectivity index (χ1v) is 14.3. The molecular formula is C30H35F2N7O4. The second-order valence-electron chi connectivity index (χ2n) is 10.4. The van der Waals surface area contributed by atoms with E-state index in [4.69, 9.17) is 9.47 Å². The van der Waals surface area contributed by atoms with Gasteiger partial charge < -0.3 is 30.1 Å². The molecule has 1 saturated heterocycles. The molecule has 1 amide bonds. The topological polar surface area (TPSA) is 138 Å². The third-order valence-electron chi connectivity index (χ3n) is 7.35. The first-order valence-electron chi connectivity index (χ1n) is 14.3. The van der Waals surface area contributed by atoms with Crippen LogP contribution in [-0.2, 0) is 11.2 Å². The Morgan fingerprint density at radius 3 is 2.74 bits per heavy atom. The number of hydrogen-bond donors (Lipinski definition) is 4. The van der Waals surface area contributed by atoms with Crippen molar-refractivity contribution in [3.63, 3.8) is 0 Å². The van der Waals surface area contributed by atoms with E-state index in [-0.39, 0.29) is 18.7 Å². The minimum atomic E-state index is -0.781. The number of aromatic amines is 1. The van der Waals surface area contributed by atoms with Crippen LogP contribution in [0.4, 0.5) is 26.1 Å². The number of ether oxygens (including phenoxy) is 2. The molecule has 1 unspecified atom stereocenters. The first-order chi connectivity index (χ1) is 20.9. The Balaban J connectivity index is 1.20. The number of rotatable bonds is 13. The summed E-state index contributed by atoms with van der Waals surface area (Å²) in [7, 11) is 1.57. The lowest BCUT2D eigenvalue weighted by Crippen LogP contribution is -2.40. The molecule has 0 radical (unpaired) electrons. The van der Waals surface area contributed by atoms with Crippen molar-refractivity contribution in [2.75, 3.05) is 44.0 Å². The molecule has 4 N–H and O–H groups in total. The average Bonchev–Trinajstić information content (AvgIpc) is 3.41. The molecule has 4 aromatic rings. The summed E-state index contributed by atoms with van der Waals surface area (Å²) in [5.74, 6) is -0.0196. The zero-order valence-corrected chi connectivity index (χ0v) is 23.9. The highest BCUT2D eigenvalue weighted by molar-refractivity contribution is 5.93. The Bertz CT molecular complexity index is 1530. The van der Waals surface area contributed by atoms with Gasteiger partial charge >= 0.3 is 0 Å². The number of carbonyl (C=O) groups is 1. The fourth-order valence-corrected chi connectivity index (χ4v) is 5.36. The normalized spacial score (nSPS) is 15.4. The highest BCUT2D eigenvalue weighted by Crippen LogP contribution is 2.35. The van der Waals surface area contributed by atoms with E-state index in [1.165, 1.54) is 19.2 Å². The molecule has 1 fully saturated rings. The number of nitrogens with one attached hydrogen (secondary N) is 3. The van der Waals surface area contributed by atoms with Crippen molar-refractivity contribution in [3.8, 4) is 11.5 Å². The fraction of sp³-hybridized carbons (Fsp3) is 0.400. The Labute approximate surface area is 247 Å². The van der Waals surface area contributed by atoms with Crippen LogP contribution < -0.4 is 20.1 Å². The van der Waals surface area contributed by atoms with Crippen molar-refractivity contribution in [1.29, 1.82) is 0 Å². The van der Waals surface area contributed by atoms with Crippen LogP contribution in [0.3, 0.4) is 0 Å². The van der Waals surface area contributed by atoms with Gasteiger partial charge in [-0.3, -0.25) is 9.89 Å². The molecule has 2 aromatic heterocycles. The van der Waals surface area contributed by atoms with E-state index in [1.807, 2.05) is 6.07 Å². The average molecular weight is 596 g/mol. The lowest BCUT2D eigenvalue weighted by Gasteiger charge is -2.35. The summed E-state index contributed by atoms with van der Waals surface area (Å²) in [6.45, 7) is 2.69. The number of halogens is 2. The van der Waals surface area contributed by atoms with Gasteiger partial charge in [-0.15, -0.1) is 0 Å². The molecule has 13 heteroatoms. The van der Waals surface area contributed by atoms with Crippen LogP contribution in [0.25, 0.3) is 10.9 Å². The van der Waals surface area contributed by atoms with Gasteiger partial charge in [0.15, 0.2) is 17.3 Å². The number of piperidine rings is 1. The van der Waals surface area contributed by atoms with Crippen molar-refractivity contribution in [3.05, 3.63) is 60.1 Å². The van der Waals surface area contributed by atoms with Crippen LogP contribution in [0, 0.1) is 11.6 Å². The zero-order valence-electron chi connectivity index (χ0n) is 23.9. The summed E-state index contributed by atoms with van der Waals surface area (Å²) in [6, 6.07) is 8.50. The van der Waals surface area contributed by atoms with Crippen molar-refractivity contribution in [1.82, 2.24) is 25.1 Å². The SMILES string of the molecule is COc1cc2c(Nc3cc(CC(=O)Nc4cc(F)cc(F)c4)[nH]n3)ncnc2cc1OCCCN1CCCCC1CCO. The molecule has 2 aromatic carbocycles. The summed E-state index contributed by atoms with van der Waals surface area (Å²) >= 11 is 0. The molecule has 1 aliphatic heterocycles. The van der Waals surface area contributed by atoms with Gasteiger partial charge in [0.1, 0.15) is 23.8 Å². The molecule has 0 bridgehead atoms. The predicted molar refractivity (Wildman–Crippen MR) is 158 cm³/mol. The molecule has 0 saturated carbocycles. The number of carbonyl (C=O) groups excluding carboxylic acids is 1. The predicted octanol–water partition coefficient (Wildman–Crippen LogP) is 4.57. The number of aliphatic hydroxyl groups excluding tert-OH is 1. The third kappa shape index (κ3) is 7.93. The minimum absolute atomic E-state index is 0.0267. The second-order valence-corrected chi connectivity index (χ2v) is 10.4. The van der Waals surface area contributed by atoms with Gasteiger partial charge in [-0.25, -0.2) is 18.7 Å². The number of nitrogens with zero attached hydrogens (tertiary/aromatic N) is 4. The molecule has 1 atom stereocenters. The highest BCUT2D eigenvalue weighted by Gasteiger charge is 2.21. The molecule has 5 rings (SSSR count). The number of methoxy groups -OCH3 is 1. The second kappa shape index (κ2) is 14.2. The maximum atomic E-state index is 13.4. The van der Waals surface area contributed by atoms with Gasteiger partial charge in [-0.2, -0.15) is 5.10 Å². The van der Waals surface area contributed by atoms with Gasteiger partial charge in [0, 0.05) is 54.2 Å². The maximum Gasteiger partial charge on any atom is 0.230 e. The van der Waals surface area contributed by atoms with Crippen LogP contribution >= 0.6 is 0 Å². The number of amides is 1. The lowest BCUT2D eigenvalue weighted by atomic mass is 9.99. The van der Waals surface area contributed by atoms with E-state index in [9.17, 15) is 18.7 Å². The Morgan fingerprint density at radius 1 is 1.12 bits per heavy atom. The van der Waals surface area contributed by atoms with E-state index in [1.54, 1.807) is 19.2 Å². The van der Waals surface area contributed by atoms with Gasteiger partial charge in [0.05, 0.1) is 25.7 Å².